The van der Waals surface area contributed by atoms with Crippen LogP contribution in [0.1, 0.15) is 34.3 Å². The lowest BCUT2D eigenvalue weighted by atomic mass is 9.74. The van der Waals surface area contributed by atoms with Crippen molar-refractivity contribution in [3.63, 3.8) is 0 Å². The van der Waals surface area contributed by atoms with Crippen molar-refractivity contribution in [1.82, 2.24) is 0 Å². The molecule has 0 unspecified atom stereocenters. The molecule has 5 heteroatoms. The van der Waals surface area contributed by atoms with Crippen molar-refractivity contribution in [2.24, 2.45) is 5.73 Å². The summed E-state index contributed by atoms with van der Waals surface area (Å²) in [6, 6.07) is 16.5. The number of nitrogens with two attached hydrogens (primary N) is 1. The normalized spacial score (nSPS) is 16.2. The molecule has 1 heterocycles. The Hall–Kier alpha value is -2.66. The molecule has 130 valence electrons. The maximum absolute atomic E-state index is 12.9. The summed E-state index contributed by atoms with van der Waals surface area (Å²) < 4.78 is 11.1. The van der Waals surface area contributed by atoms with E-state index in [9.17, 15) is 9.59 Å². The zero-order chi connectivity index (χ0) is 17.7. The van der Waals surface area contributed by atoms with E-state index in [1.165, 1.54) is 0 Å². The second-order valence-corrected chi connectivity index (χ2v) is 6.20. The molecular formula is C20H21NO4. The molecule has 1 aliphatic heterocycles. The molecule has 25 heavy (non-hydrogen) atoms. The number of ether oxygens (including phenoxy) is 2. The second-order valence-electron chi connectivity index (χ2n) is 6.20. The molecule has 0 radical (unpaired) electrons. The first-order valence-electron chi connectivity index (χ1n) is 8.31. The second kappa shape index (κ2) is 7.49. The van der Waals surface area contributed by atoms with Gasteiger partial charge in [-0.1, -0.05) is 42.5 Å². The van der Waals surface area contributed by atoms with E-state index >= 15 is 0 Å². The summed E-state index contributed by atoms with van der Waals surface area (Å²) >= 11 is 0. The summed E-state index contributed by atoms with van der Waals surface area (Å²) in [4.78, 5) is 24.0. The van der Waals surface area contributed by atoms with Gasteiger partial charge in [0, 0.05) is 18.8 Å². The van der Waals surface area contributed by atoms with E-state index in [0.717, 1.165) is 11.1 Å². The molecule has 0 atom stereocenters. The van der Waals surface area contributed by atoms with Crippen molar-refractivity contribution < 1.29 is 19.1 Å². The van der Waals surface area contributed by atoms with Crippen LogP contribution in [-0.2, 0) is 26.3 Å². The summed E-state index contributed by atoms with van der Waals surface area (Å²) in [5.41, 5.74) is 6.78. The van der Waals surface area contributed by atoms with Gasteiger partial charge in [-0.05, 0) is 36.1 Å². The van der Waals surface area contributed by atoms with Crippen molar-refractivity contribution in [2.45, 2.75) is 24.9 Å². The largest absolute Gasteiger partial charge is 0.460 e. The quantitative estimate of drug-likeness (QED) is 0.849. The van der Waals surface area contributed by atoms with Crippen LogP contribution in [0, 0.1) is 0 Å². The highest BCUT2D eigenvalue weighted by Gasteiger charge is 2.43. The van der Waals surface area contributed by atoms with E-state index < -0.39 is 11.3 Å². The summed E-state index contributed by atoms with van der Waals surface area (Å²) in [5, 5.41) is 0. The van der Waals surface area contributed by atoms with Gasteiger partial charge in [-0.2, -0.15) is 0 Å². The number of hydrogen-bond acceptors (Lipinski definition) is 4. The number of carbonyl (C=O) groups is 2. The maximum atomic E-state index is 12.9. The fourth-order valence-electron chi connectivity index (χ4n) is 3.14. The Balaban J connectivity index is 1.74. The highest BCUT2D eigenvalue weighted by atomic mass is 16.5. The van der Waals surface area contributed by atoms with Crippen LogP contribution in [0.4, 0.5) is 0 Å². The third kappa shape index (κ3) is 3.72. The van der Waals surface area contributed by atoms with Gasteiger partial charge in [-0.15, -0.1) is 0 Å². The van der Waals surface area contributed by atoms with Gasteiger partial charge in [0.2, 0.25) is 5.91 Å². The Kier molecular flexibility index (Phi) is 5.14. The van der Waals surface area contributed by atoms with Crippen LogP contribution in [0.2, 0.25) is 0 Å². The van der Waals surface area contributed by atoms with Crippen LogP contribution in [0.15, 0.2) is 54.6 Å². The molecule has 0 aromatic heterocycles. The van der Waals surface area contributed by atoms with E-state index in [1.54, 1.807) is 24.3 Å². The monoisotopic (exact) mass is 339 g/mol. The van der Waals surface area contributed by atoms with Gasteiger partial charge in [-0.25, -0.2) is 0 Å². The molecular weight excluding hydrogens is 318 g/mol. The van der Waals surface area contributed by atoms with E-state index in [4.69, 9.17) is 15.2 Å². The molecule has 1 amide bonds. The molecule has 5 nitrogen and oxygen atoms in total. The van der Waals surface area contributed by atoms with Crippen molar-refractivity contribution in [3.05, 3.63) is 71.3 Å². The predicted octanol–water partition coefficient (Wildman–Crippen LogP) is 2.58. The molecule has 1 saturated heterocycles. The highest BCUT2D eigenvalue weighted by Crippen LogP contribution is 2.36. The summed E-state index contributed by atoms with van der Waals surface area (Å²) in [5.74, 6) is -0.713. The third-order valence-electron chi connectivity index (χ3n) is 4.67. The number of hydrogen-bond donors (Lipinski definition) is 1. The molecule has 2 aromatic carbocycles. The molecule has 3 rings (SSSR count). The average molecular weight is 339 g/mol. The maximum Gasteiger partial charge on any atom is 0.317 e. The number of benzene rings is 2. The smallest absolute Gasteiger partial charge is 0.317 e. The standard InChI is InChI=1S/C20H21NO4/c21-18(22)16-8-6-15(7-9-16)14-25-19(23)20(10-12-24-13-11-20)17-4-2-1-3-5-17/h1-9H,10-14H2,(H2,21,22). The fraction of sp³-hybridized carbons (Fsp3) is 0.300. The minimum absolute atomic E-state index is 0.160. The van der Waals surface area contributed by atoms with Crippen LogP contribution >= 0.6 is 0 Å². The van der Waals surface area contributed by atoms with Gasteiger partial charge >= 0.3 is 5.97 Å². The van der Waals surface area contributed by atoms with Gasteiger partial charge in [0.15, 0.2) is 0 Å². The first kappa shape index (κ1) is 17.2. The van der Waals surface area contributed by atoms with Crippen molar-refractivity contribution in [1.29, 1.82) is 0 Å². The SMILES string of the molecule is NC(=O)c1ccc(COC(=O)C2(c3ccccc3)CCOCC2)cc1. The molecule has 1 fully saturated rings. The van der Waals surface area contributed by atoms with Gasteiger partial charge in [0.05, 0.1) is 5.41 Å². The van der Waals surface area contributed by atoms with Gasteiger partial charge in [-0.3, -0.25) is 9.59 Å². The minimum atomic E-state index is -0.660. The number of esters is 1. The van der Waals surface area contributed by atoms with E-state index in [2.05, 4.69) is 0 Å². The summed E-state index contributed by atoms with van der Waals surface area (Å²) in [6.45, 7) is 1.24. The number of carbonyl (C=O) groups excluding carboxylic acids is 2. The molecule has 1 aliphatic rings. The third-order valence-corrected chi connectivity index (χ3v) is 4.67. The Bertz CT molecular complexity index is 734. The van der Waals surface area contributed by atoms with E-state index in [0.29, 0.717) is 31.6 Å². The van der Waals surface area contributed by atoms with Gasteiger partial charge in [0.1, 0.15) is 6.61 Å². The predicted molar refractivity (Wildman–Crippen MR) is 92.9 cm³/mol. The number of amides is 1. The molecule has 0 bridgehead atoms. The minimum Gasteiger partial charge on any atom is -0.460 e. The van der Waals surface area contributed by atoms with Crippen LogP contribution < -0.4 is 5.73 Å². The molecule has 0 aliphatic carbocycles. The van der Waals surface area contributed by atoms with E-state index in [-0.39, 0.29) is 12.6 Å². The van der Waals surface area contributed by atoms with Crippen molar-refractivity contribution >= 4 is 11.9 Å². The van der Waals surface area contributed by atoms with Crippen LogP contribution in [0.5, 0.6) is 0 Å². The lowest BCUT2D eigenvalue weighted by Crippen LogP contribution is -2.42. The van der Waals surface area contributed by atoms with Crippen LogP contribution in [0.3, 0.4) is 0 Å². The Labute approximate surface area is 146 Å². The Morgan fingerprint density at radius 1 is 1.00 bits per heavy atom. The topological polar surface area (TPSA) is 78.6 Å². The first-order valence-corrected chi connectivity index (χ1v) is 8.31. The van der Waals surface area contributed by atoms with E-state index in [1.807, 2.05) is 30.3 Å². The average Bonchev–Trinajstić information content (AvgIpc) is 2.67. The van der Waals surface area contributed by atoms with Crippen LogP contribution in [0.25, 0.3) is 0 Å². The van der Waals surface area contributed by atoms with Gasteiger partial charge < -0.3 is 15.2 Å². The number of primary amides is 1. The first-order chi connectivity index (χ1) is 12.1. The van der Waals surface area contributed by atoms with Crippen molar-refractivity contribution in [2.75, 3.05) is 13.2 Å². The Morgan fingerprint density at radius 3 is 2.24 bits per heavy atom. The molecule has 0 saturated carbocycles. The molecule has 2 aromatic rings. The zero-order valence-electron chi connectivity index (χ0n) is 13.9. The van der Waals surface area contributed by atoms with Crippen molar-refractivity contribution in [3.8, 4) is 0 Å². The summed E-state index contributed by atoms with van der Waals surface area (Å²) in [7, 11) is 0. The molecule has 0 spiro atoms. The van der Waals surface area contributed by atoms with Gasteiger partial charge in [0.25, 0.3) is 0 Å². The Morgan fingerprint density at radius 2 is 1.64 bits per heavy atom. The molecule has 2 N–H and O–H groups in total. The van der Waals surface area contributed by atoms with Crippen LogP contribution in [-0.4, -0.2) is 25.1 Å². The fourth-order valence-corrected chi connectivity index (χ4v) is 3.14. The highest BCUT2D eigenvalue weighted by molar-refractivity contribution is 5.92. The lowest BCUT2D eigenvalue weighted by molar-refractivity contribution is -0.156. The number of rotatable bonds is 5. The lowest BCUT2D eigenvalue weighted by Gasteiger charge is -2.35. The zero-order valence-corrected chi connectivity index (χ0v) is 13.9. The summed E-state index contributed by atoms with van der Waals surface area (Å²) in [6.07, 6.45) is 1.22.